The quantitative estimate of drug-likeness (QED) is 0.481. The van der Waals surface area contributed by atoms with E-state index in [-0.39, 0.29) is 30.2 Å². The largest absolute Gasteiger partial charge is 0.453 e. The van der Waals surface area contributed by atoms with Gasteiger partial charge in [0.05, 0.1) is 37.3 Å². The molecule has 2 aliphatic carbocycles. The molecule has 0 spiro atoms. The van der Waals surface area contributed by atoms with E-state index >= 15 is 0 Å². The maximum absolute atomic E-state index is 14.0. The average Bonchev–Trinajstić information content (AvgIpc) is 3.57. The van der Waals surface area contributed by atoms with Crippen molar-refractivity contribution in [2.45, 2.75) is 62.7 Å². The molecule has 12 heteroatoms. The van der Waals surface area contributed by atoms with Gasteiger partial charge in [-0.25, -0.2) is 9.18 Å². The van der Waals surface area contributed by atoms with Crippen molar-refractivity contribution < 1.29 is 18.7 Å². The molecule has 2 aliphatic heterocycles. The van der Waals surface area contributed by atoms with Gasteiger partial charge in [0.25, 0.3) is 5.91 Å². The third-order valence-corrected chi connectivity index (χ3v) is 6.51. The highest BCUT2D eigenvalue weighted by Crippen LogP contribution is 2.26. The number of hydrogen-bond acceptors (Lipinski definition) is 8. The molecule has 186 valence electrons. The molecule has 0 bridgehead atoms. The number of amidine groups is 2. The summed E-state index contributed by atoms with van der Waals surface area (Å²) in [5, 5.41) is 10.7. The number of methoxy groups -OCH3 is 1. The Hall–Kier alpha value is -3.70. The zero-order valence-corrected chi connectivity index (χ0v) is 19.5. The van der Waals surface area contributed by atoms with Crippen LogP contribution in [0.2, 0.25) is 0 Å². The maximum atomic E-state index is 14.0. The molecule has 11 nitrogen and oxygen atoms in total. The second-order valence-corrected chi connectivity index (χ2v) is 9.14. The molecule has 1 aromatic heterocycles. The van der Waals surface area contributed by atoms with E-state index in [9.17, 15) is 14.0 Å². The van der Waals surface area contributed by atoms with Crippen molar-refractivity contribution in [2.75, 3.05) is 19.0 Å². The minimum absolute atomic E-state index is 0.0774. The van der Waals surface area contributed by atoms with Gasteiger partial charge < -0.3 is 20.7 Å². The van der Waals surface area contributed by atoms with Crippen molar-refractivity contribution >= 4 is 29.4 Å². The van der Waals surface area contributed by atoms with Gasteiger partial charge >= 0.3 is 6.09 Å². The molecular formula is C23H29FN8O3. The predicted molar refractivity (Wildman–Crippen MR) is 127 cm³/mol. The van der Waals surface area contributed by atoms with Gasteiger partial charge in [0, 0.05) is 24.4 Å². The molecule has 2 fully saturated rings. The maximum Gasteiger partial charge on any atom is 0.407 e. The van der Waals surface area contributed by atoms with Crippen LogP contribution in [-0.4, -0.2) is 71.5 Å². The van der Waals surface area contributed by atoms with Crippen LogP contribution in [0.25, 0.3) is 0 Å². The van der Waals surface area contributed by atoms with Crippen molar-refractivity contribution in [1.82, 2.24) is 26.1 Å². The Morgan fingerprint density at radius 1 is 1.20 bits per heavy atom. The van der Waals surface area contributed by atoms with Crippen molar-refractivity contribution in [3.05, 3.63) is 36.1 Å². The fourth-order valence-electron chi connectivity index (χ4n) is 4.47. The first-order chi connectivity index (χ1) is 17.0. The standard InChI is InChI=1S/C23H29FN8O3/c1-35-23(34)29-15-6-4-14(5-7-15)28-20-10-18(27-13-2-3-13)21-26-12-19(32(21)31-20)22(33)30-17-8-9-25-11-16(17)24/h8-11,13-15,19,27H,2-7,12H2,1H3,(H,28,31)(H,29,34)(H,25,30,33). The van der Waals surface area contributed by atoms with Crippen LogP contribution in [0.3, 0.4) is 0 Å². The van der Waals surface area contributed by atoms with Gasteiger partial charge in [0.2, 0.25) is 0 Å². The van der Waals surface area contributed by atoms with Gasteiger partial charge in [-0.1, -0.05) is 0 Å². The van der Waals surface area contributed by atoms with Crippen LogP contribution < -0.4 is 21.4 Å². The monoisotopic (exact) mass is 484 g/mol. The Balaban J connectivity index is 1.29. The third-order valence-electron chi connectivity index (χ3n) is 6.51. The first-order valence-corrected chi connectivity index (χ1v) is 11.9. The molecular weight excluding hydrogens is 455 g/mol. The van der Waals surface area contributed by atoms with Crippen molar-refractivity contribution in [2.24, 2.45) is 9.98 Å². The number of carbonyl (C=O) groups is 2. The summed E-state index contributed by atoms with van der Waals surface area (Å²) in [4.78, 5) is 37.7. The fourth-order valence-corrected chi connectivity index (χ4v) is 4.47. The smallest absolute Gasteiger partial charge is 0.407 e. The first-order valence-electron chi connectivity index (χ1n) is 11.9. The van der Waals surface area contributed by atoms with Crippen molar-refractivity contribution in [3.63, 3.8) is 0 Å². The van der Waals surface area contributed by atoms with E-state index in [0.717, 1.165) is 50.4 Å². The number of anilines is 1. The molecule has 2 saturated carbocycles. The van der Waals surface area contributed by atoms with Gasteiger partial charge in [-0.2, -0.15) is 0 Å². The summed E-state index contributed by atoms with van der Waals surface area (Å²) in [6.07, 6.45) is 9.47. The minimum atomic E-state index is -0.660. The highest BCUT2D eigenvalue weighted by Gasteiger charge is 2.40. The summed E-state index contributed by atoms with van der Waals surface area (Å²) in [5.41, 5.74) is 4.16. The van der Waals surface area contributed by atoms with E-state index in [1.54, 1.807) is 5.01 Å². The lowest BCUT2D eigenvalue weighted by Gasteiger charge is -2.34. The molecule has 3 heterocycles. The lowest BCUT2D eigenvalue weighted by atomic mass is 9.91. The number of hydrazine groups is 1. The van der Waals surface area contributed by atoms with Crippen molar-refractivity contribution in [1.29, 1.82) is 0 Å². The Morgan fingerprint density at radius 3 is 2.69 bits per heavy atom. The Bertz CT molecular complexity index is 1080. The normalized spacial score (nSPS) is 26.7. The zero-order valence-electron chi connectivity index (χ0n) is 19.5. The van der Waals surface area contributed by atoms with E-state index in [1.165, 1.54) is 19.4 Å². The van der Waals surface area contributed by atoms with Crippen LogP contribution in [-0.2, 0) is 9.53 Å². The zero-order chi connectivity index (χ0) is 24.4. The van der Waals surface area contributed by atoms with Crippen LogP contribution in [0, 0.1) is 5.82 Å². The van der Waals surface area contributed by atoms with Gasteiger partial charge in [-0.05, 0) is 44.6 Å². The molecule has 0 saturated heterocycles. The molecule has 4 N–H and O–H groups in total. The van der Waals surface area contributed by atoms with E-state index in [2.05, 4.69) is 36.1 Å². The number of aliphatic imine (C=N–C) groups is 2. The second kappa shape index (κ2) is 9.88. The topological polar surface area (TPSA) is 132 Å². The van der Waals surface area contributed by atoms with Crippen LogP contribution in [0.4, 0.5) is 14.9 Å². The van der Waals surface area contributed by atoms with Crippen LogP contribution in [0.15, 0.2) is 40.2 Å². The highest BCUT2D eigenvalue weighted by molar-refractivity contribution is 6.12. The van der Waals surface area contributed by atoms with E-state index in [0.29, 0.717) is 17.7 Å². The molecule has 5 rings (SSSR count). The summed E-state index contributed by atoms with van der Waals surface area (Å²) in [6, 6.07) is 1.33. The second-order valence-electron chi connectivity index (χ2n) is 9.14. The summed E-state index contributed by atoms with van der Waals surface area (Å²) in [7, 11) is 1.36. The lowest BCUT2D eigenvalue weighted by molar-refractivity contribution is -0.119. The van der Waals surface area contributed by atoms with Crippen LogP contribution in [0.1, 0.15) is 38.5 Å². The number of hydrogen-bond donors (Lipinski definition) is 4. The van der Waals surface area contributed by atoms with Gasteiger partial charge in [-0.15, -0.1) is 0 Å². The van der Waals surface area contributed by atoms with Crippen molar-refractivity contribution in [3.8, 4) is 0 Å². The SMILES string of the molecule is COC(=O)NC1CCC(N=C2C=C(NC3CC3)C3=NCC(C(=O)Nc4ccncc4F)N3N2)CC1. The number of alkyl carbamates (subject to hydrolysis) is 1. The summed E-state index contributed by atoms with van der Waals surface area (Å²) in [6.45, 7) is 0.238. The summed E-state index contributed by atoms with van der Waals surface area (Å²) >= 11 is 0. The fraction of sp³-hybridized carbons (Fsp3) is 0.522. The third kappa shape index (κ3) is 5.36. The summed E-state index contributed by atoms with van der Waals surface area (Å²) in [5.74, 6) is 0.327. The number of pyridine rings is 1. The number of ether oxygens (including phenoxy) is 1. The number of nitrogens with one attached hydrogen (secondary N) is 4. The molecule has 0 radical (unpaired) electrons. The molecule has 2 amide bonds. The highest BCUT2D eigenvalue weighted by atomic mass is 19.1. The Morgan fingerprint density at radius 2 is 1.97 bits per heavy atom. The predicted octanol–water partition coefficient (Wildman–Crippen LogP) is 1.46. The first kappa shape index (κ1) is 23.1. The molecule has 4 aliphatic rings. The van der Waals surface area contributed by atoms with Gasteiger partial charge in [0.15, 0.2) is 17.7 Å². The van der Waals surface area contributed by atoms with Crippen LogP contribution in [0.5, 0.6) is 0 Å². The van der Waals surface area contributed by atoms with E-state index in [1.807, 2.05) is 6.08 Å². The number of carbonyl (C=O) groups excluding carboxylic acids is 2. The molecule has 1 atom stereocenters. The number of fused-ring (bicyclic) bond motifs is 1. The average molecular weight is 485 g/mol. The number of amides is 2. The Kier molecular flexibility index (Phi) is 6.51. The molecule has 35 heavy (non-hydrogen) atoms. The van der Waals surface area contributed by atoms with Gasteiger partial charge in [-0.3, -0.25) is 30.2 Å². The number of rotatable bonds is 6. The summed E-state index contributed by atoms with van der Waals surface area (Å²) < 4.78 is 18.7. The lowest BCUT2D eigenvalue weighted by Crippen LogP contribution is -2.57. The number of aromatic nitrogens is 1. The molecule has 1 aromatic rings. The molecule has 0 aromatic carbocycles. The van der Waals surface area contributed by atoms with E-state index < -0.39 is 18.0 Å². The Labute approximate surface area is 202 Å². The van der Waals surface area contributed by atoms with Gasteiger partial charge in [0.1, 0.15) is 5.84 Å². The number of halogens is 1. The number of nitrogens with zero attached hydrogens (tertiary/aromatic N) is 4. The van der Waals surface area contributed by atoms with E-state index in [4.69, 9.17) is 4.99 Å². The molecule has 1 unspecified atom stereocenters. The van der Waals surface area contributed by atoms with Crippen LogP contribution >= 0.6 is 0 Å². The minimum Gasteiger partial charge on any atom is -0.453 e.